The smallest absolute Gasteiger partial charge is 0.273 e. The standard InChI is InChI=1S/C21H19N5O2/c27-20-12-11-18(24-26(20)17-9-5-2-6-10-17)21(28)23-19-13-14-22-25(19)15-16-7-3-1-4-8-16/h1-10,13-14H,11-12,15H2,(H,23,28). The molecule has 0 fully saturated rings. The summed E-state index contributed by atoms with van der Waals surface area (Å²) in [6.45, 7) is 0.546. The second-order valence-electron chi connectivity index (χ2n) is 6.40. The van der Waals surface area contributed by atoms with Crippen LogP contribution < -0.4 is 10.3 Å². The van der Waals surface area contributed by atoms with Gasteiger partial charge in [0.2, 0.25) is 5.91 Å². The van der Waals surface area contributed by atoms with Gasteiger partial charge in [0.05, 0.1) is 18.4 Å². The predicted molar refractivity (Wildman–Crippen MR) is 107 cm³/mol. The van der Waals surface area contributed by atoms with E-state index in [1.165, 1.54) is 5.01 Å². The van der Waals surface area contributed by atoms with Crippen molar-refractivity contribution in [2.45, 2.75) is 19.4 Å². The minimum atomic E-state index is -0.330. The van der Waals surface area contributed by atoms with Gasteiger partial charge in [-0.3, -0.25) is 9.59 Å². The fourth-order valence-electron chi connectivity index (χ4n) is 3.00. The zero-order valence-electron chi connectivity index (χ0n) is 15.2. The van der Waals surface area contributed by atoms with Crippen LogP contribution in [0.5, 0.6) is 0 Å². The molecule has 1 aromatic heterocycles. The first kappa shape index (κ1) is 17.7. The first-order valence-corrected chi connectivity index (χ1v) is 9.03. The number of para-hydroxylation sites is 1. The van der Waals surface area contributed by atoms with Gasteiger partial charge in [-0.1, -0.05) is 48.5 Å². The van der Waals surface area contributed by atoms with Crippen molar-refractivity contribution in [1.82, 2.24) is 9.78 Å². The van der Waals surface area contributed by atoms with Gasteiger partial charge in [-0.25, -0.2) is 9.69 Å². The number of nitrogens with one attached hydrogen (secondary N) is 1. The highest BCUT2D eigenvalue weighted by molar-refractivity contribution is 6.44. The van der Waals surface area contributed by atoms with Crippen molar-refractivity contribution in [1.29, 1.82) is 0 Å². The van der Waals surface area contributed by atoms with Crippen molar-refractivity contribution < 1.29 is 9.59 Å². The minimum Gasteiger partial charge on any atom is -0.306 e. The monoisotopic (exact) mass is 373 g/mol. The summed E-state index contributed by atoms with van der Waals surface area (Å²) in [5.41, 5.74) is 2.04. The van der Waals surface area contributed by atoms with Crippen LogP contribution in [0.1, 0.15) is 18.4 Å². The van der Waals surface area contributed by atoms with Crippen LogP contribution in [-0.4, -0.2) is 27.3 Å². The van der Waals surface area contributed by atoms with Crippen molar-refractivity contribution >= 4 is 29.0 Å². The van der Waals surface area contributed by atoms with E-state index in [1.807, 2.05) is 48.5 Å². The van der Waals surface area contributed by atoms with Crippen LogP contribution in [0.3, 0.4) is 0 Å². The molecule has 2 amide bonds. The number of rotatable bonds is 5. The van der Waals surface area contributed by atoms with Crippen LogP contribution in [0.2, 0.25) is 0 Å². The van der Waals surface area contributed by atoms with E-state index in [-0.39, 0.29) is 18.2 Å². The van der Waals surface area contributed by atoms with Crippen LogP contribution in [0.4, 0.5) is 11.5 Å². The topological polar surface area (TPSA) is 79.6 Å². The molecular weight excluding hydrogens is 354 g/mol. The number of hydrogen-bond donors (Lipinski definition) is 1. The minimum absolute atomic E-state index is 0.128. The fraction of sp³-hybridized carbons (Fsp3) is 0.143. The molecular formula is C21H19N5O2. The molecule has 0 atom stereocenters. The third kappa shape index (κ3) is 3.83. The molecule has 7 heteroatoms. The van der Waals surface area contributed by atoms with Gasteiger partial charge >= 0.3 is 0 Å². The zero-order chi connectivity index (χ0) is 19.3. The Morgan fingerprint density at radius 3 is 2.43 bits per heavy atom. The summed E-state index contributed by atoms with van der Waals surface area (Å²) in [7, 11) is 0. The van der Waals surface area contributed by atoms with Crippen molar-refractivity contribution in [3.05, 3.63) is 78.5 Å². The highest BCUT2D eigenvalue weighted by Crippen LogP contribution is 2.20. The molecule has 7 nitrogen and oxygen atoms in total. The van der Waals surface area contributed by atoms with Gasteiger partial charge in [-0.2, -0.15) is 10.2 Å². The van der Waals surface area contributed by atoms with Gasteiger partial charge in [0.15, 0.2) is 0 Å². The predicted octanol–water partition coefficient (Wildman–Crippen LogP) is 3.05. The summed E-state index contributed by atoms with van der Waals surface area (Å²) in [6, 6.07) is 20.7. The summed E-state index contributed by atoms with van der Waals surface area (Å²) < 4.78 is 1.72. The lowest BCUT2D eigenvalue weighted by Gasteiger charge is -2.23. The van der Waals surface area contributed by atoms with Gasteiger partial charge in [0.1, 0.15) is 11.5 Å². The fourth-order valence-corrected chi connectivity index (χ4v) is 3.00. The Morgan fingerprint density at radius 1 is 0.964 bits per heavy atom. The average molecular weight is 373 g/mol. The molecule has 140 valence electrons. The Balaban J connectivity index is 1.51. The maximum absolute atomic E-state index is 12.7. The van der Waals surface area contributed by atoms with Crippen molar-refractivity contribution in [2.24, 2.45) is 5.10 Å². The van der Waals surface area contributed by atoms with Gasteiger partial charge < -0.3 is 5.32 Å². The number of hydrogen-bond acceptors (Lipinski definition) is 4. The summed E-state index contributed by atoms with van der Waals surface area (Å²) >= 11 is 0. The van der Waals surface area contributed by atoms with E-state index < -0.39 is 0 Å². The van der Waals surface area contributed by atoms with Gasteiger partial charge in [0, 0.05) is 18.9 Å². The summed E-state index contributed by atoms with van der Waals surface area (Å²) in [5, 5.41) is 12.7. The summed E-state index contributed by atoms with van der Waals surface area (Å²) in [6.07, 6.45) is 2.19. The number of hydrazone groups is 1. The van der Waals surface area contributed by atoms with E-state index in [9.17, 15) is 9.59 Å². The Morgan fingerprint density at radius 2 is 1.68 bits per heavy atom. The van der Waals surface area contributed by atoms with E-state index in [2.05, 4.69) is 15.5 Å². The molecule has 1 aliphatic heterocycles. The Bertz CT molecular complexity index is 1010. The maximum atomic E-state index is 12.7. The molecule has 0 unspecified atom stereocenters. The average Bonchev–Trinajstić information content (AvgIpc) is 3.16. The lowest BCUT2D eigenvalue weighted by atomic mass is 10.1. The molecule has 28 heavy (non-hydrogen) atoms. The van der Waals surface area contributed by atoms with Gasteiger partial charge in [-0.05, 0) is 17.7 Å². The van der Waals surface area contributed by atoms with Crippen LogP contribution in [0.25, 0.3) is 0 Å². The van der Waals surface area contributed by atoms with Crippen LogP contribution in [0, 0.1) is 0 Å². The number of amides is 2. The summed E-state index contributed by atoms with van der Waals surface area (Å²) in [5.74, 6) is 0.125. The van der Waals surface area contributed by atoms with Gasteiger partial charge in [0.25, 0.3) is 5.91 Å². The van der Waals surface area contributed by atoms with Crippen molar-refractivity contribution in [3.63, 3.8) is 0 Å². The molecule has 0 bridgehead atoms. The highest BCUT2D eigenvalue weighted by atomic mass is 16.2. The number of carbonyl (C=O) groups is 2. The number of anilines is 2. The molecule has 3 aromatic rings. The van der Waals surface area contributed by atoms with Gasteiger partial charge in [-0.15, -0.1) is 0 Å². The van der Waals surface area contributed by atoms with E-state index >= 15 is 0 Å². The number of carbonyl (C=O) groups excluding carboxylic acids is 2. The Kier molecular flexibility index (Phi) is 4.97. The van der Waals surface area contributed by atoms with Crippen molar-refractivity contribution in [2.75, 3.05) is 10.3 Å². The summed E-state index contributed by atoms with van der Waals surface area (Å²) in [4.78, 5) is 24.9. The maximum Gasteiger partial charge on any atom is 0.273 e. The zero-order valence-corrected chi connectivity index (χ0v) is 15.2. The third-order valence-corrected chi connectivity index (χ3v) is 4.43. The normalized spacial score (nSPS) is 13.9. The molecule has 2 aromatic carbocycles. The molecule has 4 rings (SSSR count). The lowest BCUT2D eigenvalue weighted by Crippen LogP contribution is -2.36. The van der Waals surface area contributed by atoms with E-state index in [1.54, 1.807) is 29.1 Å². The SMILES string of the molecule is O=C(Nc1ccnn1Cc1ccccc1)C1=NN(c2ccccc2)C(=O)CC1. The molecule has 0 radical (unpaired) electrons. The van der Waals surface area contributed by atoms with E-state index in [4.69, 9.17) is 0 Å². The van der Waals surface area contributed by atoms with E-state index in [0.29, 0.717) is 30.2 Å². The molecule has 2 heterocycles. The lowest BCUT2D eigenvalue weighted by molar-refractivity contribution is -0.118. The third-order valence-electron chi connectivity index (χ3n) is 4.43. The molecule has 0 spiro atoms. The second-order valence-corrected chi connectivity index (χ2v) is 6.40. The molecule has 1 N–H and O–H groups in total. The quantitative estimate of drug-likeness (QED) is 0.746. The number of nitrogens with zero attached hydrogens (tertiary/aromatic N) is 4. The largest absolute Gasteiger partial charge is 0.306 e. The Hall–Kier alpha value is -3.74. The van der Waals surface area contributed by atoms with Crippen LogP contribution in [-0.2, 0) is 16.1 Å². The second kappa shape index (κ2) is 7.87. The number of benzene rings is 2. The van der Waals surface area contributed by atoms with Crippen LogP contribution >= 0.6 is 0 Å². The first-order chi connectivity index (χ1) is 13.7. The first-order valence-electron chi connectivity index (χ1n) is 9.03. The Labute approximate surface area is 162 Å². The molecule has 0 saturated carbocycles. The van der Waals surface area contributed by atoms with Crippen molar-refractivity contribution in [3.8, 4) is 0 Å². The van der Waals surface area contributed by atoms with E-state index in [0.717, 1.165) is 5.56 Å². The molecule has 0 aliphatic carbocycles. The van der Waals surface area contributed by atoms with Crippen LogP contribution in [0.15, 0.2) is 78.0 Å². The number of aromatic nitrogens is 2. The molecule has 0 saturated heterocycles. The highest BCUT2D eigenvalue weighted by Gasteiger charge is 2.26. The molecule has 1 aliphatic rings.